The average molecular weight is 196 g/mol. The summed E-state index contributed by atoms with van der Waals surface area (Å²) in [5, 5.41) is 2.26. The SMILES string of the molecule is NC(=O)[C@H]1CC[C@@H](C(F)(F)F)NC1. The average Bonchev–Trinajstić information content (AvgIpc) is 2.03. The highest BCUT2D eigenvalue weighted by Crippen LogP contribution is 2.27. The molecule has 0 aliphatic carbocycles. The smallest absolute Gasteiger partial charge is 0.369 e. The van der Waals surface area contributed by atoms with E-state index in [4.69, 9.17) is 5.73 Å². The monoisotopic (exact) mass is 196 g/mol. The van der Waals surface area contributed by atoms with E-state index in [-0.39, 0.29) is 19.4 Å². The van der Waals surface area contributed by atoms with Crippen LogP contribution >= 0.6 is 0 Å². The number of amides is 1. The molecule has 76 valence electrons. The van der Waals surface area contributed by atoms with Gasteiger partial charge in [-0.1, -0.05) is 0 Å². The first-order valence-corrected chi connectivity index (χ1v) is 4.00. The van der Waals surface area contributed by atoms with Gasteiger partial charge in [0.15, 0.2) is 0 Å². The number of carbonyl (C=O) groups is 1. The minimum atomic E-state index is -4.22. The largest absolute Gasteiger partial charge is 0.403 e. The molecule has 0 aromatic rings. The van der Waals surface area contributed by atoms with E-state index in [1.807, 2.05) is 0 Å². The van der Waals surface area contributed by atoms with Crippen molar-refractivity contribution >= 4 is 5.91 Å². The molecule has 0 saturated carbocycles. The first kappa shape index (κ1) is 10.3. The molecular formula is C7H11F3N2O. The molecule has 0 aromatic heterocycles. The number of carbonyl (C=O) groups excluding carboxylic acids is 1. The quantitative estimate of drug-likeness (QED) is 0.637. The van der Waals surface area contributed by atoms with Crippen LogP contribution in [0.3, 0.4) is 0 Å². The van der Waals surface area contributed by atoms with Crippen LogP contribution in [0.4, 0.5) is 13.2 Å². The fraction of sp³-hybridized carbons (Fsp3) is 0.857. The summed E-state index contributed by atoms with van der Waals surface area (Å²) < 4.78 is 36.3. The van der Waals surface area contributed by atoms with E-state index in [0.29, 0.717) is 0 Å². The fourth-order valence-electron chi connectivity index (χ4n) is 1.38. The molecule has 1 amide bonds. The van der Waals surface area contributed by atoms with Gasteiger partial charge < -0.3 is 11.1 Å². The van der Waals surface area contributed by atoms with Crippen LogP contribution < -0.4 is 11.1 Å². The Bertz CT molecular complexity index is 196. The summed E-state index contributed by atoms with van der Waals surface area (Å²) >= 11 is 0. The molecule has 0 aromatic carbocycles. The van der Waals surface area contributed by atoms with E-state index >= 15 is 0 Å². The van der Waals surface area contributed by atoms with Gasteiger partial charge in [-0.2, -0.15) is 13.2 Å². The Kier molecular flexibility index (Phi) is 2.80. The number of primary amides is 1. The molecule has 3 nitrogen and oxygen atoms in total. The molecule has 2 atom stereocenters. The standard InChI is InChI=1S/C7H11F3N2O/c8-7(9,10)5-2-1-4(3-12-5)6(11)13/h4-5,12H,1-3H2,(H2,11,13)/t4-,5-/m0/s1. The third kappa shape index (κ3) is 2.58. The minimum Gasteiger partial charge on any atom is -0.369 e. The third-order valence-electron chi connectivity index (χ3n) is 2.21. The molecule has 0 radical (unpaired) electrons. The van der Waals surface area contributed by atoms with Crippen molar-refractivity contribution in [2.45, 2.75) is 25.1 Å². The van der Waals surface area contributed by atoms with E-state index in [1.54, 1.807) is 0 Å². The van der Waals surface area contributed by atoms with E-state index in [0.717, 1.165) is 0 Å². The molecule has 1 fully saturated rings. The van der Waals surface area contributed by atoms with Crippen LogP contribution in [0.5, 0.6) is 0 Å². The summed E-state index contributed by atoms with van der Waals surface area (Å²) in [7, 11) is 0. The summed E-state index contributed by atoms with van der Waals surface area (Å²) in [6.45, 7) is 0.0273. The fourth-order valence-corrected chi connectivity index (χ4v) is 1.38. The summed E-state index contributed by atoms with van der Waals surface area (Å²) in [6, 6.07) is -1.48. The van der Waals surface area contributed by atoms with Crippen molar-refractivity contribution in [1.29, 1.82) is 0 Å². The molecule has 1 heterocycles. The predicted molar refractivity (Wildman–Crippen MR) is 39.8 cm³/mol. The molecule has 0 bridgehead atoms. The van der Waals surface area contributed by atoms with Gasteiger partial charge in [-0.3, -0.25) is 4.79 Å². The normalized spacial score (nSPS) is 30.1. The predicted octanol–water partition coefficient (Wildman–Crippen LogP) is 0.402. The van der Waals surface area contributed by atoms with E-state index in [1.165, 1.54) is 0 Å². The summed E-state index contributed by atoms with van der Waals surface area (Å²) in [6.07, 6.45) is -4.08. The van der Waals surface area contributed by atoms with Gasteiger partial charge in [0.05, 0.1) is 5.92 Å². The Morgan fingerprint density at radius 3 is 2.31 bits per heavy atom. The Morgan fingerprint density at radius 1 is 1.38 bits per heavy atom. The van der Waals surface area contributed by atoms with Crippen LogP contribution in [-0.2, 0) is 4.79 Å². The lowest BCUT2D eigenvalue weighted by molar-refractivity contribution is -0.163. The van der Waals surface area contributed by atoms with E-state index in [2.05, 4.69) is 5.32 Å². The van der Waals surface area contributed by atoms with Gasteiger partial charge in [-0.05, 0) is 12.8 Å². The molecule has 1 aliphatic rings. The first-order valence-electron chi connectivity index (χ1n) is 4.00. The van der Waals surface area contributed by atoms with Crippen molar-refractivity contribution in [3.05, 3.63) is 0 Å². The lowest BCUT2D eigenvalue weighted by Crippen LogP contribution is -2.50. The molecule has 3 N–H and O–H groups in total. The Balaban J connectivity index is 2.44. The zero-order valence-corrected chi connectivity index (χ0v) is 6.90. The number of halogens is 3. The van der Waals surface area contributed by atoms with Crippen LogP contribution in [-0.4, -0.2) is 24.7 Å². The third-order valence-corrected chi connectivity index (χ3v) is 2.21. The number of nitrogens with two attached hydrogens (primary N) is 1. The van der Waals surface area contributed by atoms with Gasteiger partial charge in [0.2, 0.25) is 5.91 Å². The van der Waals surface area contributed by atoms with Crippen LogP contribution in [0.25, 0.3) is 0 Å². The van der Waals surface area contributed by atoms with Crippen molar-refractivity contribution in [2.75, 3.05) is 6.54 Å². The molecule has 1 aliphatic heterocycles. The molecule has 0 spiro atoms. The number of piperidine rings is 1. The highest BCUT2D eigenvalue weighted by Gasteiger charge is 2.42. The molecule has 0 unspecified atom stereocenters. The van der Waals surface area contributed by atoms with E-state index in [9.17, 15) is 18.0 Å². The van der Waals surface area contributed by atoms with Crippen LogP contribution in [0.2, 0.25) is 0 Å². The number of rotatable bonds is 1. The van der Waals surface area contributed by atoms with Gasteiger partial charge in [0.25, 0.3) is 0 Å². The minimum absolute atomic E-state index is 0.0273. The second-order valence-corrected chi connectivity index (χ2v) is 3.18. The number of alkyl halides is 3. The van der Waals surface area contributed by atoms with Crippen molar-refractivity contribution < 1.29 is 18.0 Å². The van der Waals surface area contributed by atoms with Crippen molar-refractivity contribution in [3.8, 4) is 0 Å². The van der Waals surface area contributed by atoms with Crippen molar-refractivity contribution in [3.63, 3.8) is 0 Å². The molecule has 13 heavy (non-hydrogen) atoms. The van der Waals surface area contributed by atoms with Crippen LogP contribution in [0.1, 0.15) is 12.8 Å². The van der Waals surface area contributed by atoms with Crippen LogP contribution in [0.15, 0.2) is 0 Å². The van der Waals surface area contributed by atoms with Gasteiger partial charge >= 0.3 is 6.18 Å². The summed E-state index contributed by atoms with van der Waals surface area (Å²) in [4.78, 5) is 10.6. The first-order chi connectivity index (χ1) is 5.91. The number of nitrogens with one attached hydrogen (secondary N) is 1. The maximum absolute atomic E-state index is 12.1. The zero-order chi connectivity index (χ0) is 10.1. The number of hydrogen-bond donors (Lipinski definition) is 2. The molecule has 1 rings (SSSR count). The number of hydrogen-bond acceptors (Lipinski definition) is 2. The zero-order valence-electron chi connectivity index (χ0n) is 6.90. The maximum atomic E-state index is 12.1. The topological polar surface area (TPSA) is 55.1 Å². The summed E-state index contributed by atoms with van der Waals surface area (Å²) in [5.41, 5.74) is 4.96. The molecular weight excluding hydrogens is 185 g/mol. The van der Waals surface area contributed by atoms with Crippen molar-refractivity contribution in [2.24, 2.45) is 11.7 Å². The van der Waals surface area contributed by atoms with Gasteiger partial charge in [0.1, 0.15) is 6.04 Å². The lowest BCUT2D eigenvalue weighted by Gasteiger charge is -2.29. The Morgan fingerprint density at radius 2 is 2.00 bits per heavy atom. The second kappa shape index (κ2) is 3.53. The Hall–Kier alpha value is -0.780. The van der Waals surface area contributed by atoms with Gasteiger partial charge in [-0.15, -0.1) is 0 Å². The second-order valence-electron chi connectivity index (χ2n) is 3.18. The van der Waals surface area contributed by atoms with Gasteiger partial charge in [-0.25, -0.2) is 0 Å². The van der Waals surface area contributed by atoms with Gasteiger partial charge in [0, 0.05) is 6.54 Å². The Labute approximate surface area is 73.5 Å². The molecule has 6 heteroatoms. The maximum Gasteiger partial charge on any atom is 0.403 e. The summed E-state index contributed by atoms with van der Waals surface area (Å²) in [5.74, 6) is -0.994. The van der Waals surface area contributed by atoms with Crippen LogP contribution in [0, 0.1) is 5.92 Å². The highest BCUT2D eigenvalue weighted by molar-refractivity contribution is 5.76. The van der Waals surface area contributed by atoms with Crippen molar-refractivity contribution in [1.82, 2.24) is 5.32 Å². The highest BCUT2D eigenvalue weighted by atomic mass is 19.4. The van der Waals surface area contributed by atoms with E-state index < -0.39 is 24.0 Å². The lowest BCUT2D eigenvalue weighted by atomic mass is 9.94. The molecule has 1 saturated heterocycles.